The molecule has 3 aromatic carbocycles. The van der Waals surface area contributed by atoms with Crippen LogP contribution in [0.1, 0.15) is 12.8 Å². The van der Waals surface area contributed by atoms with Gasteiger partial charge in [-0.25, -0.2) is 4.39 Å². The molecule has 192 valence electrons. The van der Waals surface area contributed by atoms with Crippen molar-refractivity contribution in [2.24, 2.45) is 0 Å². The van der Waals surface area contributed by atoms with Crippen LogP contribution in [0.4, 0.5) is 10.2 Å². The van der Waals surface area contributed by atoms with Crippen molar-refractivity contribution in [3.05, 3.63) is 53.3 Å². The van der Waals surface area contributed by atoms with Crippen molar-refractivity contribution in [1.82, 2.24) is 20.2 Å². The van der Waals surface area contributed by atoms with E-state index >= 15 is 4.39 Å². The molecule has 4 aromatic rings. The molecule has 6 rings (SSSR count). The van der Waals surface area contributed by atoms with Crippen LogP contribution in [-0.4, -0.2) is 72.4 Å². The van der Waals surface area contributed by atoms with Crippen molar-refractivity contribution in [3.8, 4) is 22.9 Å². The number of anilines is 1. The fourth-order valence-electron chi connectivity index (χ4n) is 5.45. The Labute approximate surface area is 219 Å². The first-order chi connectivity index (χ1) is 18.0. The zero-order valence-electron chi connectivity index (χ0n) is 20.7. The van der Waals surface area contributed by atoms with E-state index in [0.29, 0.717) is 23.4 Å². The summed E-state index contributed by atoms with van der Waals surface area (Å²) in [6, 6.07) is 12.9. The lowest BCUT2D eigenvalue weighted by Gasteiger charge is -2.29. The predicted molar refractivity (Wildman–Crippen MR) is 145 cm³/mol. The molecular weight excluding hydrogens is 493 g/mol. The van der Waals surface area contributed by atoms with Crippen LogP contribution in [0.2, 0.25) is 5.02 Å². The molecule has 0 amide bonds. The van der Waals surface area contributed by atoms with Gasteiger partial charge in [0.2, 0.25) is 0 Å². The number of rotatable bonds is 5. The largest absolute Gasteiger partial charge is 0.508 e. The van der Waals surface area contributed by atoms with Gasteiger partial charge in [-0.15, -0.1) is 0 Å². The Morgan fingerprint density at radius 2 is 1.92 bits per heavy atom. The van der Waals surface area contributed by atoms with Crippen LogP contribution in [0.3, 0.4) is 0 Å². The highest BCUT2D eigenvalue weighted by molar-refractivity contribution is 6.35. The maximum absolute atomic E-state index is 16.5. The number of halogens is 2. The highest BCUT2D eigenvalue weighted by Crippen LogP contribution is 2.42. The smallest absolute Gasteiger partial charge is 0.319 e. The summed E-state index contributed by atoms with van der Waals surface area (Å²) in [5.41, 5.74) is 0.871. The van der Waals surface area contributed by atoms with Crippen LogP contribution in [0.15, 0.2) is 42.5 Å². The summed E-state index contributed by atoms with van der Waals surface area (Å²) in [7, 11) is 2.09. The maximum atomic E-state index is 16.5. The lowest BCUT2D eigenvalue weighted by atomic mass is 9.96. The van der Waals surface area contributed by atoms with E-state index in [1.54, 1.807) is 18.2 Å². The zero-order chi connectivity index (χ0) is 25.5. The molecule has 9 heteroatoms. The Hall–Kier alpha value is -3.20. The summed E-state index contributed by atoms with van der Waals surface area (Å²) < 4.78 is 22.5. The first-order valence-electron chi connectivity index (χ1n) is 12.7. The van der Waals surface area contributed by atoms with Crippen LogP contribution < -0.4 is 15.0 Å². The van der Waals surface area contributed by atoms with E-state index in [4.69, 9.17) is 21.3 Å². The fourth-order valence-corrected chi connectivity index (χ4v) is 5.75. The van der Waals surface area contributed by atoms with Gasteiger partial charge >= 0.3 is 6.01 Å². The Morgan fingerprint density at radius 3 is 2.70 bits per heavy atom. The molecule has 0 spiro atoms. The van der Waals surface area contributed by atoms with Crippen molar-refractivity contribution in [2.45, 2.75) is 18.9 Å². The van der Waals surface area contributed by atoms with Gasteiger partial charge in [0.1, 0.15) is 23.7 Å². The average molecular weight is 522 g/mol. The molecule has 2 saturated heterocycles. The molecule has 7 nitrogen and oxygen atoms in total. The number of ether oxygens (including phenoxy) is 1. The maximum Gasteiger partial charge on any atom is 0.319 e. The summed E-state index contributed by atoms with van der Waals surface area (Å²) in [6.45, 7) is 4.55. The van der Waals surface area contributed by atoms with Gasteiger partial charge < -0.3 is 25.0 Å². The van der Waals surface area contributed by atoms with Crippen molar-refractivity contribution in [3.63, 3.8) is 0 Å². The Bertz CT molecular complexity index is 1480. The number of nitrogens with one attached hydrogen (secondary N) is 1. The van der Waals surface area contributed by atoms with E-state index in [1.165, 1.54) is 0 Å². The molecule has 2 aliphatic rings. The van der Waals surface area contributed by atoms with Gasteiger partial charge in [-0.1, -0.05) is 35.9 Å². The molecule has 0 radical (unpaired) electrons. The van der Waals surface area contributed by atoms with Crippen molar-refractivity contribution in [1.29, 1.82) is 0 Å². The number of fused-ring (bicyclic) bond motifs is 2. The van der Waals surface area contributed by atoms with Crippen LogP contribution in [0.25, 0.3) is 32.8 Å². The summed E-state index contributed by atoms with van der Waals surface area (Å²) in [6.07, 6.45) is 2.18. The first-order valence-corrected chi connectivity index (χ1v) is 13.1. The molecule has 0 saturated carbocycles. The number of likely N-dealkylation sites (N-methyl/N-ethyl adjacent to an activating group) is 1. The van der Waals surface area contributed by atoms with Gasteiger partial charge in [-0.2, -0.15) is 9.97 Å². The molecule has 2 N–H and O–H groups in total. The van der Waals surface area contributed by atoms with E-state index in [-0.39, 0.29) is 33.9 Å². The number of likely N-dealkylation sites (tertiary alicyclic amines) is 1. The van der Waals surface area contributed by atoms with Gasteiger partial charge in [-0.3, -0.25) is 0 Å². The standard InChI is InChI=1S/C28H29ClFN5O2/c1-34-10-4-6-18(34)16-37-28-32-26-22(27(33-28)35-11-8-31-9-12-35)15-23(29)24(25(26)30)21-14-19(36)13-17-5-2-3-7-20(17)21/h2-3,5,7,13-15,18,31,36H,4,6,8-12,16H2,1H3/t18-/m0/s1. The lowest BCUT2D eigenvalue weighted by Crippen LogP contribution is -2.44. The Kier molecular flexibility index (Phi) is 6.48. The summed E-state index contributed by atoms with van der Waals surface area (Å²) in [4.78, 5) is 13.7. The normalized spacial score (nSPS) is 18.7. The number of aromatic nitrogens is 2. The zero-order valence-corrected chi connectivity index (χ0v) is 21.4. The van der Waals surface area contributed by atoms with E-state index in [2.05, 4.69) is 27.1 Å². The van der Waals surface area contributed by atoms with Gasteiger partial charge in [0.25, 0.3) is 0 Å². The first kappa shape index (κ1) is 24.2. The second-order valence-corrected chi connectivity index (χ2v) is 10.2. The van der Waals surface area contributed by atoms with Gasteiger partial charge in [0, 0.05) is 43.2 Å². The highest BCUT2D eigenvalue weighted by Gasteiger charge is 2.26. The molecule has 0 aliphatic carbocycles. The molecule has 0 unspecified atom stereocenters. The molecular formula is C28H29ClFN5O2. The fraction of sp³-hybridized carbons (Fsp3) is 0.357. The van der Waals surface area contributed by atoms with Gasteiger partial charge in [0.05, 0.1) is 5.02 Å². The Morgan fingerprint density at radius 1 is 1.11 bits per heavy atom. The monoisotopic (exact) mass is 521 g/mol. The molecule has 1 atom stereocenters. The van der Waals surface area contributed by atoms with E-state index in [1.807, 2.05) is 24.3 Å². The number of piperazine rings is 1. The van der Waals surface area contributed by atoms with Crippen LogP contribution >= 0.6 is 11.6 Å². The van der Waals surface area contributed by atoms with Crippen molar-refractivity contribution >= 4 is 39.1 Å². The summed E-state index contributed by atoms with van der Waals surface area (Å²) >= 11 is 6.76. The van der Waals surface area contributed by atoms with Crippen molar-refractivity contribution in [2.75, 3.05) is 51.3 Å². The molecule has 2 fully saturated rings. The minimum absolute atomic E-state index is 0.0400. The van der Waals surface area contributed by atoms with Crippen LogP contribution in [-0.2, 0) is 0 Å². The Balaban J connectivity index is 1.52. The van der Waals surface area contributed by atoms with Crippen LogP contribution in [0.5, 0.6) is 11.8 Å². The number of phenols is 1. The second kappa shape index (κ2) is 9.93. The summed E-state index contributed by atoms with van der Waals surface area (Å²) in [5, 5.41) is 16.1. The topological polar surface area (TPSA) is 73.8 Å². The highest BCUT2D eigenvalue weighted by atomic mass is 35.5. The van der Waals surface area contributed by atoms with Gasteiger partial charge in [0.15, 0.2) is 5.82 Å². The molecule has 2 aliphatic heterocycles. The predicted octanol–water partition coefficient (Wildman–Crippen LogP) is 4.83. The average Bonchev–Trinajstić information content (AvgIpc) is 3.32. The third kappa shape index (κ3) is 4.54. The summed E-state index contributed by atoms with van der Waals surface area (Å²) in [5.74, 6) is 0.104. The lowest BCUT2D eigenvalue weighted by molar-refractivity contribution is 0.188. The number of hydrogen-bond acceptors (Lipinski definition) is 7. The van der Waals surface area contributed by atoms with Crippen LogP contribution in [0, 0.1) is 5.82 Å². The second-order valence-electron chi connectivity index (χ2n) is 9.81. The number of benzene rings is 3. The quantitative estimate of drug-likeness (QED) is 0.389. The van der Waals surface area contributed by atoms with Gasteiger partial charge in [-0.05, 0) is 61.0 Å². The minimum Gasteiger partial charge on any atom is -0.508 e. The number of nitrogens with zero attached hydrogens (tertiary/aromatic N) is 4. The minimum atomic E-state index is -0.556. The SMILES string of the molecule is CN1CCC[C@H]1COc1nc(N2CCNCC2)c2cc(Cl)c(-c3cc(O)cc4ccccc34)c(F)c2n1. The number of phenolic OH excluding ortho intramolecular Hbond substituents is 1. The van der Waals surface area contributed by atoms with E-state index in [9.17, 15) is 5.11 Å². The van der Waals surface area contributed by atoms with E-state index < -0.39 is 5.82 Å². The van der Waals surface area contributed by atoms with E-state index in [0.717, 1.165) is 56.3 Å². The third-order valence-electron chi connectivity index (χ3n) is 7.45. The molecule has 0 bridgehead atoms. The van der Waals surface area contributed by atoms with Crippen molar-refractivity contribution < 1.29 is 14.2 Å². The molecule has 3 heterocycles. The molecule has 37 heavy (non-hydrogen) atoms. The number of aromatic hydroxyl groups is 1. The third-order valence-corrected chi connectivity index (χ3v) is 7.75. The number of hydrogen-bond donors (Lipinski definition) is 2. The molecule has 1 aromatic heterocycles.